The van der Waals surface area contributed by atoms with Crippen LogP contribution in [-0.2, 0) is 12.7 Å². The molecule has 2 aromatic carbocycles. The van der Waals surface area contributed by atoms with Crippen molar-refractivity contribution in [3.05, 3.63) is 70.4 Å². The number of aromatic nitrogens is 3. The summed E-state index contributed by atoms with van der Waals surface area (Å²) in [5.74, 6) is -3.14. The molecule has 0 radical (unpaired) electrons. The molecular weight excluding hydrogens is 729 g/mol. The van der Waals surface area contributed by atoms with E-state index in [0.717, 1.165) is 18.6 Å². The quantitative estimate of drug-likeness (QED) is 0.169. The lowest BCUT2D eigenvalue weighted by molar-refractivity contribution is -0.138. The van der Waals surface area contributed by atoms with E-state index in [9.17, 15) is 14.0 Å². The van der Waals surface area contributed by atoms with Crippen molar-refractivity contribution >= 4 is 49.0 Å². The Morgan fingerprint density at radius 3 is 2.66 bits per heavy atom. The number of nitrogens with zero attached hydrogens (tertiary/aromatic N) is 6. The number of halogens is 7. The molecule has 5 aromatic rings. The fraction of sp³-hybridized carbons (Fsp3) is 0.314. The maximum Gasteiger partial charge on any atom is 0.420 e. The van der Waals surface area contributed by atoms with E-state index in [1.54, 1.807) is 23.1 Å². The highest BCUT2D eigenvalue weighted by molar-refractivity contribution is 7.23. The van der Waals surface area contributed by atoms with Crippen LogP contribution in [-0.4, -0.2) is 58.2 Å². The van der Waals surface area contributed by atoms with Crippen LogP contribution in [0.2, 0.25) is 0 Å². The highest BCUT2D eigenvalue weighted by Gasteiger charge is 2.49. The highest BCUT2D eigenvalue weighted by atomic mass is 32.1. The van der Waals surface area contributed by atoms with Gasteiger partial charge in [-0.15, -0.1) is 11.3 Å². The second-order valence-electron chi connectivity index (χ2n) is 13.1. The van der Waals surface area contributed by atoms with Crippen LogP contribution in [0.5, 0.6) is 11.8 Å². The zero-order valence-corrected chi connectivity index (χ0v) is 28.3. The molecular formula is C35H27F7N8O2S. The fourth-order valence-corrected chi connectivity index (χ4v) is 8.66. The van der Waals surface area contributed by atoms with E-state index in [1.807, 2.05) is 4.90 Å². The lowest BCUT2D eigenvalue weighted by atomic mass is 9.91. The predicted molar refractivity (Wildman–Crippen MR) is 182 cm³/mol. The van der Waals surface area contributed by atoms with Crippen LogP contribution >= 0.6 is 11.3 Å². The summed E-state index contributed by atoms with van der Waals surface area (Å²) in [4.78, 5) is 16.3. The normalized spacial score (nSPS) is 18.7. The summed E-state index contributed by atoms with van der Waals surface area (Å²) < 4.78 is 117. The first-order valence-electron chi connectivity index (χ1n) is 16.3. The molecule has 0 bridgehead atoms. The Labute approximate surface area is 300 Å². The number of nitrogen functional groups attached to an aromatic ring is 2. The summed E-state index contributed by atoms with van der Waals surface area (Å²) in [7, 11) is 0. The zero-order valence-electron chi connectivity index (χ0n) is 27.5. The van der Waals surface area contributed by atoms with Crippen LogP contribution in [0.3, 0.4) is 0 Å². The van der Waals surface area contributed by atoms with E-state index < -0.39 is 68.8 Å². The first-order chi connectivity index (χ1) is 25.3. The number of hydrogen-bond acceptors (Lipinski definition) is 11. The second kappa shape index (κ2) is 12.6. The Bertz CT molecular complexity index is 2410. The number of fused-ring (bicyclic) bond motifs is 2. The molecule has 0 aliphatic carbocycles. The van der Waals surface area contributed by atoms with Crippen LogP contribution in [0.25, 0.3) is 32.1 Å². The number of anilines is 3. The lowest BCUT2D eigenvalue weighted by Crippen LogP contribution is -2.43. The molecule has 10 nitrogen and oxygen atoms in total. The van der Waals surface area contributed by atoms with Gasteiger partial charge < -0.3 is 25.8 Å². The summed E-state index contributed by atoms with van der Waals surface area (Å²) in [6, 6.07) is 6.49. The molecule has 1 atom stereocenters. The summed E-state index contributed by atoms with van der Waals surface area (Å²) in [5.41, 5.74) is 7.79. The number of nitrogens with two attached hydrogens (primary N) is 2. The summed E-state index contributed by atoms with van der Waals surface area (Å²) in [5, 5.41) is 9.01. The van der Waals surface area contributed by atoms with Gasteiger partial charge in [0, 0.05) is 41.4 Å². The SMILES string of the molecule is N#Cc1c(N)sc2c(F)ccc(-c3c(C(F)(F)F)c4c5c(nc(OCC67CCCN6CC(=C(F)F)C7)nc5c3F)N(Cc3cccnc3N)CCO4)c12. The van der Waals surface area contributed by atoms with Gasteiger partial charge in [0.25, 0.3) is 6.08 Å². The highest BCUT2D eigenvalue weighted by Crippen LogP contribution is 2.53. The molecule has 18 heteroatoms. The second-order valence-corrected chi connectivity index (χ2v) is 14.1. The van der Waals surface area contributed by atoms with Gasteiger partial charge in [0.05, 0.1) is 27.7 Å². The first kappa shape index (κ1) is 34.7. The van der Waals surface area contributed by atoms with Crippen LogP contribution in [0.1, 0.15) is 36.0 Å². The van der Waals surface area contributed by atoms with Crippen LogP contribution in [0.15, 0.2) is 42.1 Å². The molecule has 0 spiro atoms. The van der Waals surface area contributed by atoms with Gasteiger partial charge in [0.2, 0.25) is 0 Å². The van der Waals surface area contributed by atoms with E-state index in [-0.39, 0.29) is 77.1 Å². The Balaban J connectivity index is 1.38. The summed E-state index contributed by atoms with van der Waals surface area (Å²) in [6.45, 7) is 0.0298. The maximum atomic E-state index is 17.3. The predicted octanol–water partition coefficient (Wildman–Crippen LogP) is 7.41. The smallest absolute Gasteiger partial charge is 0.420 e. The van der Waals surface area contributed by atoms with E-state index in [4.69, 9.17) is 20.9 Å². The molecule has 3 aromatic heterocycles. The molecule has 3 aliphatic heterocycles. The average Bonchev–Trinajstić information content (AvgIpc) is 3.75. The van der Waals surface area contributed by atoms with Crippen molar-refractivity contribution in [3.63, 3.8) is 0 Å². The number of hydrogen-bond donors (Lipinski definition) is 2. The average molecular weight is 757 g/mol. The Morgan fingerprint density at radius 2 is 1.92 bits per heavy atom. The number of pyridine rings is 1. The van der Waals surface area contributed by atoms with Crippen molar-refractivity contribution in [2.24, 2.45) is 0 Å². The minimum absolute atomic E-state index is 0.0203. The van der Waals surface area contributed by atoms with E-state index in [1.165, 1.54) is 6.20 Å². The van der Waals surface area contributed by atoms with Gasteiger partial charge in [-0.2, -0.15) is 37.2 Å². The zero-order chi connectivity index (χ0) is 37.4. The van der Waals surface area contributed by atoms with Crippen molar-refractivity contribution in [2.75, 3.05) is 49.2 Å². The molecule has 1 unspecified atom stereocenters. The number of ether oxygens (including phenoxy) is 2. The van der Waals surface area contributed by atoms with E-state index in [0.29, 0.717) is 29.9 Å². The van der Waals surface area contributed by atoms with Gasteiger partial charge in [-0.25, -0.2) is 13.8 Å². The van der Waals surface area contributed by atoms with E-state index in [2.05, 4.69) is 15.0 Å². The van der Waals surface area contributed by atoms with Crippen molar-refractivity contribution in [2.45, 2.75) is 37.5 Å². The number of benzene rings is 2. The van der Waals surface area contributed by atoms with Crippen molar-refractivity contribution in [1.29, 1.82) is 5.26 Å². The maximum absolute atomic E-state index is 17.3. The van der Waals surface area contributed by atoms with Crippen LogP contribution in [0, 0.1) is 23.0 Å². The van der Waals surface area contributed by atoms with Crippen LogP contribution < -0.4 is 25.8 Å². The van der Waals surface area contributed by atoms with Crippen molar-refractivity contribution < 1.29 is 40.2 Å². The number of thiophene rings is 1. The minimum Gasteiger partial charge on any atom is -0.490 e. The molecule has 0 amide bonds. The van der Waals surface area contributed by atoms with Crippen molar-refractivity contribution in [3.8, 4) is 29.0 Å². The van der Waals surface area contributed by atoms with Gasteiger partial charge in [0.1, 0.15) is 58.6 Å². The molecule has 2 saturated heterocycles. The molecule has 274 valence electrons. The lowest BCUT2D eigenvalue weighted by Gasteiger charge is -2.31. The largest absolute Gasteiger partial charge is 0.490 e. The Morgan fingerprint density at radius 1 is 1.11 bits per heavy atom. The Hall–Kier alpha value is -5.41. The van der Waals surface area contributed by atoms with E-state index >= 15 is 22.0 Å². The third-order valence-corrected chi connectivity index (χ3v) is 11.1. The Kier molecular flexibility index (Phi) is 8.26. The van der Waals surface area contributed by atoms with Crippen LogP contribution in [0.4, 0.5) is 47.4 Å². The monoisotopic (exact) mass is 756 g/mol. The molecule has 6 heterocycles. The molecule has 8 rings (SSSR count). The third-order valence-electron chi connectivity index (χ3n) is 10.1. The first-order valence-corrected chi connectivity index (χ1v) is 17.2. The minimum atomic E-state index is -5.26. The standard InChI is InChI=1S/C35H27F7N8O2S/c36-20-5-4-18(21-19(12-43)31(45)53-28(20)21)22-24(35(40,41)42)27-23-26(25(22)37)47-33(52-15-34-6-2-8-50(34)14-17(11-34)29(38)39)48-32(23)49(9-10-51-27)13-16-3-1-7-46-30(16)44/h1,3-5,7H,2,6,8-11,13-15,45H2,(H2,44,46). The molecule has 4 N–H and O–H groups in total. The summed E-state index contributed by atoms with van der Waals surface area (Å²) >= 11 is 0.644. The number of alkyl halides is 3. The molecule has 53 heavy (non-hydrogen) atoms. The molecule has 2 fully saturated rings. The summed E-state index contributed by atoms with van der Waals surface area (Å²) in [6.07, 6.45) is -4.29. The fourth-order valence-electron chi connectivity index (χ4n) is 7.71. The van der Waals surface area contributed by atoms with Gasteiger partial charge in [0.15, 0.2) is 5.82 Å². The van der Waals surface area contributed by atoms with Gasteiger partial charge in [-0.1, -0.05) is 12.1 Å². The molecule has 3 aliphatic rings. The molecule has 0 saturated carbocycles. The van der Waals surface area contributed by atoms with Gasteiger partial charge in [-0.3, -0.25) is 4.90 Å². The van der Waals surface area contributed by atoms with Gasteiger partial charge in [-0.05, 0) is 43.5 Å². The van der Waals surface area contributed by atoms with Crippen molar-refractivity contribution in [1.82, 2.24) is 19.9 Å². The topological polar surface area (TPSA) is 139 Å². The number of nitriles is 1. The number of rotatable bonds is 6. The van der Waals surface area contributed by atoms with Gasteiger partial charge >= 0.3 is 12.2 Å². The third kappa shape index (κ3) is 5.60.